The molecule has 2 aromatic heterocycles. The SMILES string of the molecule is COc1ccc([N+](=O)[O-])cc1-n1c(C)cc(C2C(c3ccccn3)NC(=S)N2Cc2ccccc2)c1C. The lowest BCUT2D eigenvalue weighted by Gasteiger charge is -2.28. The number of hydrogen-bond donors (Lipinski definition) is 1. The first-order valence-corrected chi connectivity index (χ1v) is 12.3. The summed E-state index contributed by atoms with van der Waals surface area (Å²) in [4.78, 5) is 18.0. The molecule has 1 N–H and O–H groups in total. The molecule has 1 aliphatic rings. The van der Waals surface area contributed by atoms with Gasteiger partial charge in [0, 0.05) is 36.3 Å². The van der Waals surface area contributed by atoms with Gasteiger partial charge in [0.05, 0.1) is 35.5 Å². The van der Waals surface area contributed by atoms with E-state index in [9.17, 15) is 10.1 Å². The topological polar surface area (TPSA) is 85.5 Å². The van der Waals surface area contributed by atoms with Crippen LogP contribution in [0.15, 0.2) is 79.0 Å². The highest BCUT2D eigenvalue weighted by molar-refractivity contribution is 7.80. The van der Waals surface area contributed by atoms with Gasteiger partial charge in [0.2, 0.25) is 0 Å². The lowest BCUT2D eigenvalue weighted by molar-refractivity contribution is -0.384. The Labute approximate surface area is 220 Å². The van der Waals surface area contributed by atoms with Crippen LogP contribution in [0, 0.1) is 24.0 Å². The Hall–Kier alpha value is -4.24. The number of aromatic nitrogens is 2. The van der Waals surface area contributed by atoms with E-state index in [2.05, 4.69) is 33.4 Å². The zero-order chi connectivity index (χ0) is 26.1. The van der Waals surface area contributed by atoms with Gasteiger partial charge in [0.15, 0.2) is 5.11 Å². The van der Waals surface area contributed by atoms with Crippen molar-refractivity contribution in [1.29, 1.82) is 0 Å². The van der Waals surface area contributed by atoms with Crippen LogP contribution in [0.25, 0.3) is 5.69 Å². The van der Waals surface area contributed by atoms with E-state index in [1.807, 2.05) is 54.8 Å². The first-order chi connectivity index (χ1) is 17.9. The summed E-state index contributed by atoms with van der Waals surface area (Å²) in [5, 5.41) is 15.7. The Kier molecular flexibility index (Phi) is 6.62. The Balaban J connectivity index is 1.66. The highest BCUT2D eigenvalue weighted by atomic mass is 32.1. The maximum absolute atomic E-state index is 11.5. The minimum absolute atomic E-state index is 0.00521. The van der Waals surface area contributed by atoms with E-state index >= 15 is 0 Å². The maximum atomic E-state index is 11.5. The van der Waals surface area contributed by atoms with Crippen LogP contribution in [-0.4, -0.2) is 31.6 Å². The number of nitrogens with one attached hydrogen (secondary N) is 1. The van der Waals surface area contributed by atoms with Gasteiger partial charge >= 0.3 is 0 Å². The minimum Gasteiger partial charge on any atom is -0.495 e. The van der Waals surface area contributed by atoms with Gasteiger partial charge in [-0.3, -0.25) is 15.1 Å². The number of thiocarbonyl (C=S) groups is 1. The molecule has 37 heavy (non-hydrogen) atoms. The lowest BCUT2D eigenvalue weighted by Crippen LogP contribution is -2.29. The second-order valence-electron chi connectivity index (χ2n) is 9.02. The first kappa shape index (κ1) is 24.5. The molecule has 1 aliphatic heterocycles. The molecule has 2 atom stereocenters. The predicted octanol–water partition coefficient (Wildman–Crippen LogP) is 5.58. The molecular formula is C28H27N5O3S. The smallest absolute Gasteiger partial charge is 0.271 e. The van der Waals surface area contributed by atoms with E-state index in [1.54, 1.807) is 25.4 Å². The molecule has 8 nitrogen and oxygen atoms in total. The molecule has 2 unspecified atom stereocenters. The highest BCUT2D eigenvalue weighted by Crippen LogP contribution is 2.43. The van der Waals surface area contributed by atoms with Gasteiger partial charge in [-0.2, -0.15) is 0 Å². The van der Waals surface area contributed by atoms with Crippen LogP contribution in [0.5, 0.6) is 5.75 Å². The van der Waals surface area contributed by atoms with Crippen molar-refractivity contribution in [3.8, 4) is 11.4 Å². The number of nitro benzene ring substituents is 1. The number of pyridine rings is 1. The van der Waals surface area contributed by atoms with Gasteiger partial charge in [-0.05, 0) is 61.5 Å². The summed E-state index contributed by atoms with van der Waals surface area (Å²) in [7, 11) is 1.57. The maximum Gasteiger partial charge on any atom is 0.271 e. The van der Waals surface area contributed by atoms with Crippen molar-refractivity contribution in [3.05, 3.63) is 117 Å². The lowest BCUT2D eigenvalue weighted by atomic mass is 9.96. The van der Waals surface area contributed by atoms with Crippen LogP contribution in [0.1, 0.15) is 40.3 Å². The zero-order valence-electron chi connectivity index (χ0n) is 20.8. The minimum atomic E-state index is -0.393. The summed E-state index contributed by atoms with van der Waals surface area (Å²) >= 11 is 5.84. The fourth-order valence-corrected chi connectivity index (χ4v) is 5.42. The normalized spacial score (nSPS) is 17.1. The van der Waals surface area contributed by atoms with Crippen molar-refractivity contribution < 1.29 is 9.66 Å². The summed E-state index contributed by atoms with van der Waals surface area (Å²) in [6, 6.07) is 22.5. The monoisotopic (exact) mass is 513 g/mol. The number of aryl methyl sites for hydroxylation is 1. The Morgan fingerprint density at radius 2 is 1.84 bits per heavy atom. The highest BCUT2D eigenvalue weighted by Gasteiger charge is 2.41. The van der Waals surface area contributed by atoms with Crippen LogP contribution in [0.3, 0.4) is 0 Å². The fraction of sp³-hybridized carbons (Fsp3) is 0.214. The standard InChI is InChI=1S/C28H27N5O3S/c1-18-15-22(19(2)32(18)24-16-21(33(34)35)12-13-25(24)36-3)27-26(23-11-7-8-14-29-23)30-28(37)31(27)17-20-9-5-4-6-10-20/h4-16,26-27H,17H2,1-3H3,(H,30,37). The van der Waals surface area contributed by atoms with E-state index < -0.39 is 4.92 Å². The fourth-order valence-electron chi connectivity index (χ4n) is 5.12. The largest absolute Gasteiger partial charge is 0.495 e. The number of hydrogen-bond acceptors (Lipinski definition) is 5. The molecule has 4 aromatic rings. The molecular weight excluding hydrogens is 486 g/mol. The van der Waals surface area contributed by atoms with Gasteiger partial charge < -0.3 is 19.5 Å². The third-order valence-electron chi connectivity index (χ3n) is 6.80. The summed E-state index contributed by atoms with van der Waals surface area (Å²) in [5.41, 5.74) is 5.61. The Bertz CT molecular complexity index is 1460. The summed E-state index contributed by atoms with van der Waals surface area (Å²) in [6.45, 7) is 4.65. The van der Waals surface area contributed by atoms with Crippen LogP contribution in [-0.2, 0) is 6.54 Å². The molecule has 0 amide bonds. The molecule has 0 radical (unpaired) electrons. The van der Waals surface area contributed by atoms with E-state index in [-0.39, 0.29) is 17.8 Å². The van der Waals surface area contributed by atoms with Crippen LogP contribution in [0.2, 0.25) is 0 Å². The first-order valence-electron chi connectivity index (χ1n) is 11.9. The predicted molar refractivity (Wildman–Crippen MR) is 146 cm³/mol. The quantitative estimate of drug-likeness (QED) is 0.196. The van der Waals surface area contributed by atoms with Crippen LogP contribution in [0.4, 0.5) is 5.69 Å². The van der Waals surface area contributed by atoms with Crippen LogP contribution < -0.4 is 10.1 Å². The van der Waals surface area contributed by atoms with Gasteiger partial charge in [0.1, 0.15) is 5.75 Å². The molecule has 188 valence electrons. The summed E-state index contributed by atoms with van der Waals surface area (Å²) < 4.78 is 7.60. The van der Waals surface area contributed by atoms with E-state index in [0.29, 0.717) is 23.1 Å². The third kappa shape index (κ3) is 4.53. The second-order valence-corrected chi connectivity index (χ2v) is 9.40. The molecule has 0 aliphatic carbocycles. The zero-order valence-corrected chi connectivity index (χ0v) is 21.6. The number of nitro groups is 1. The molecule has 1 fully saturated rings. The van der Waals surface area contributed by atoms with Crippen molar-refractivity contribution in [2.24, 2.45) is 0 Å². The van der Waals surface area contributed by atoms with Gasteiger partial charge in [-0.1, -0.05) is 36.4 Å². The number of methoxy groups -OCH3 is 1. The summed E-state index contributed by atoms with van der Waals surface area (Å²) in [6.07, 6.45) is 1.79. The summed E-state index contributed by atoms with van der Waals surface area (Å²) in [5.74, 6) is 0.557. The molecule has 1 saturated heterocycles. The molecule has 2 aromatic carbocycles. The average Bonchev–Trinajstić information content (AvgIpc) is 3.39. The molecule has 5 rings (SSSR count). The molecule has 0 spiro atoms. The Morgan fingerprint density at radius 1 is 1.08 bits per heavy atom. The molecule has 0 saturated carbocycles. The van der Waals surface area contributed by atoms with E-state index in [0.717, 1.165) is 28.2 Å². The molecule has 0 bridgehead atoms. The second kappa shape index (κ2) is 10.0. The number of nitrogens with zero attached hydrogens (tertiary/aromatic N) is 4. The van der Waals surface area contributed by atoms with Crippen molar-refractivity contribution in [2.45, 2.75) is 32.5 Å². The van der Waals surface area contributed by atoms with Gasteiger partial charge in [0.25, 0.3) is 5.69 Å². The number of non-ortho nitro benzene ring substituents is 1. The van der Waals surface area contributed by atoms with Crippen molar-refractivity contribution in [1.82, 2.24) is 19.8 Å². The van der Waals surface area contributed by atoms with E-state index in [1.165, 1.54) is 6.07 Å². The number of rotatable bonds is 7. The molecule has 9 heteroatoms. The van der Waals surface area contributed by atoms with Crippen molar-refractivity contribution in [3.63, 3.8) is 0 Å². The van der Waals surface area contributed by atoms with E-state index in [4.69, 9.17) is 17.0 Å². The van der Waals surface area contributed by atoms with Crippen LogP contribution >= 0.6 is 12.2 Å². The van der Waals surface area contributed by atoms with Crippen molar-refractivity contribution in [2.75, 3.05) is 7.11 Å². The third-order valence-corrected chi connectivity index (χ3v) is 7.15. The number of benzene rings is 2. The van der Waals surface area contributed by atoms with Gasteiger partial charge in [-0.15, -0.1) is 0 Å². The Morgan fingerprint density at radius 3 is 2.51 bits per heavy atom. The average molecular weight is 514 g/mol. The molecule has 3 heterocycles. The van der Waals surface area contributed by atoms with Crippen molar-refractivity contribution >= 4 is 23.0 Å². The van der Waals surface area contributed by atoms with Gasteiger partial charge in [-0.25, -0.2) is 0 Å². The number of ether oxygens (including phenoxy) is 1.